The highest BCUT2D eigenvalue weighted by molar-refractivity contribution is 6.14. The van der Waals surface area contributed by atoms with Gasteiger partial charge >= 0.3 is 0 Å². The molecule has 8 aromatic rings. The second-order valence-corrected chi connectivity index (χ2v) is 10.2. The van der Waals surface area contributed by atoms with E-state index in [0.717, 1.165) is 17.1 Å². The molecule has 0 aliphatic carbocycles. The second kappa shape index (κ2) is 9.14. The molecule has 0 radical (unpaired) electrons. The van der Waals surface area contributed by atoms with E-state index in [2.05, 4.69) is 167 Å². The molecular weight excluding hydrogens is 484 g/mol. The summed E-state index contributed by atoms with van der Waals surface area (Å²) in [6, 6.07) is 56.7. The molecule has 0 spiro atoms. The summed E-state index contributed by atoms with van der Waals surface area (Å²) in [6.45, 7) is 0. The van der Waals surface area contributed by atoms with E-state index < -0.39 is 0 Å². The maximum atomic E-state index is 2.38. The van der Waals surface area contributed by atoms with Crippen molar-refractivity contribution in [2.24, 2.45) is 0 Å². The van der Waals surface area contributed by atoms with Crippen LogP contribution in [0.15, 0.2) is 158 Å². The summed E-state index contributed by atoms with van der Waals surface area (Å²) < 4.78 is 2.37. The van der Waals surface area contributed by atoms with Gasteiger partial charge in [0.05, 0.1) is 16.7 Å². The first-order valence-electron chi connectivity index (χ1n) is 13.7. The smallest absolute Gasteiger partial charge is 0.0546 e. The first kappa shape index (κ1) is 22.6. The van der Waals surface area contributed by atoms with Crippen LogP contribution in [0.4, 0.5) is 17.1 Å². The number of anilines is 3. The molecule has 1 aromatic heterocycles. The molecule has 7 aromatic carbocycles. The molecule has 0 bridgehead atoms. The third kappa shape index (κ3) is 3.50. The summed E-state index contributed by atoms with van der Waals surface area (Å²) in [5, 5.41) is 7.55. The normalized spacial score (nSPS) is 11.5. The van der Waals surface area contributed by atoms with Gasteiger partial charge in [-0.15, -0.1) is 0 Å². The topological polar surface area (TPSA) is 8.17 Å². The molecule has 0 atom stereocenters. The van der Waals surface area contributed by atoms with Crippen LogP contribution >= 0.6 is 0 Å². The summed E-state index contributed by atoms with van der Waals surface area (Å²) in [5.74, 6) is 0. The Morgan fingerprint density at radius 2 is 0.875 bits per heavy atom. The van der Waals surface area contributed by atoms with Crippen LogP contribution in [0.3, 0.4) is 0 Å². The summed E-state index contributed by atoms with van der Waals surface area (Å²) in [6.07, 6.45) is 0. The average Bonchev–Trinajstić information content (AvgIpc) is 3.37. The molecule has 1 heterocycles. The zero-order valence-corrected chi connectivity index (χ0v) is 21.9. The molecule has 0 saturated carbocycles. The van der Waals surface area contributed by atoms with Crippen molar-refractivity contribution in [2.75, 3.05) is 4.90 Å². The maximum Gasteiger partial charge on any atom is 0.0546 e. The third-order valence-corrected chi connectivity index (χ3v) is 7.95. The predicted octanol–water partition coefficient (Wildman–Crippen LogP) is 10.6. The van der Waals surface area contributed by atoms with Crippen LogP contribution in [0, 0.1) is 0 Å². The fraction of sp³-hybridized carbons (Fsp3) is 0. The van der Waals surface area contributed by atoms with Gasteiger partial charge in [-0.1, -0.05) is 103 Å². The number of aromatic nitrogens is 1. The van der Waals surface area contributed by atoms with E-state index >= 15 is 0 Å². The fourth-order valence-electron chi connectivity index (χ4n) is 6.18. The zero-order valence-electron chi connectivity index (χ0n) is 21.9. The highest BCUT2D eigenvalue weighted by Crippen LogP contribution is 2.42. The van der Waals surface area contributed by atoms with Crippen molar-refractivity contribution in [3.63, 3.8) is 0 Å². The van der Waals surface area contributed by atoms with E-state index in [4.69, 9.17) is 0 Å². The molecule has 2 heteroatoms. The van der Waals surface area contributed by atoms with Crippen LogP contribution in [0.5, 0.6) is 0 Å². The van der Waals surface area contributed by atoms with E-state index in [1.165, 1.54) is 49.0 Å². The summed E-state index contributed by atoms with van der Waals surface area (Å²) >= 11 is 0. The lowest BCUT2D eigenvalue weighted by Crippen LogP contribution is -2.10. The van der Waals surface area contributed by atoms with Gasteiger partial charge in [-0.3, -0.25) is 0 Å². The Bertz CT molecular complexity index is 2100. The number of para-hydroxylation sites is 3. The van der Waals surface area contributed by atoms with Crippen LogP contribution in [0.25, 0.3) is 49.0 Å². The van der Waals surface area contributed by atoms with Crippen molar-refractivity contribution in [3.05, 3.63) is 158 Å². The lowest BCUT2D eigenvalue weighted by Gasteiger charge is -2.27. The maximum absolute atomic E-state index is 2.38. The van der Waals surface area contributed by atoms with Crippen LogP contribution in [0.2, 0.25) is 0 Å². The Labute approximate surface area is 233 Å². The van der Waals surface area contributed by atoms with E-state index in [-0.39, 0.29) is 0 Å². The number of nitrogens with zero attached hydrogens (tertiary/aromatic N) is 2. The molecule has 188 valence electrons. The van der Waals surface area contributed by atoms with Gasteiger partial charge in [-0.05, 0) is 70.8 Å². The fourth-order valence-corrected chi connectivity index (χ4v) is 6.18. The van der Waals surface area contributed by atoms with Gasteiger partial charge in [-0.2, -0.15) is 0 Å². The Hall–Kier alpha value is -5.34. The van der Waals surface area contributed by atoms with Gasteiger partial charge in [0.25, 0.3) is 0 Å². The largest absolute Gasteiger partial charge is 0.310 e. The Kier molecular flexibility index (Phi) is 5.17. The van der Waals surface area contributed by atoms with Gasteiger partial charge < -0.3 is 9.47 Å². The molecule has 0 aliphatic rings. The Balaban J connectivity index is 1.35. The lowest BCUT2D eigenvalue weighted by atomic mass is 9.99. The molecule has 0 aliphatic heterocycles. The first-order chi connectivity index (χ1) is 19.9. The number of hydrogen-bond acceptors (Lipinski definition) is 1. The van der Waals surface area contributed by atoms with E-state index in [0.29, 0.717) is 0 Å². The molecule has 0 amide bonds. The van der Waals surface area contributed by atoms with Crippen LogP contribution in [0.1, 0.15) is 0 Å². The molecule has 2 nitrogen and oxygen atoms in total. The standard InChI is InChI=1S/C38H26N2/c1-2-13-28(14-3-1)39(38-26-27-12-4-5-15-31(27)32-16-6-7-17-33(32)38)29-22-24-30(25-23-29)40-36-20-10-8-18-34(36)35-19-9-11-21-37(35)40/h1-26H. The molecule has 40 heavy (non-hydrogen) atoms. The van der Waals surface area contributed by atoms with Crippen LogP contribution in [-0.2, 0) is 0 Å². The molecule has 0 unspecified atom stereocenters. The second-order valence-electron chi connectivity index (χ2n) is 10.2. The third-order valence-electron chi connectivity index (χ3n) is 7.95. The van der Waals surface area contributed by atoms with Crippen molar-refractivity contribution in [2.45, 2.75) is 0 Å². The summed E-state index contributed by atoms with van der Waals surface area (Å²) in [7, 11) is 0. The predicted molar refractivity (Wildman–Crippen MR) is 170 cm³/mol. The first-order valence-corrected chi connectivity index (χ1v) is 13.7. The van der Waals surface area contributed by atoms with Gasteiger partial charge in [-0.25, -0.2) is 0 Å². The summed E-state index contributed by atoms with van der Waals surface area (Å²) in [4.78, 5) is 2.38. The van der Waals surface area contributed by atoms with E-state index in [1.54, 1.807) is 0 Å². The highest BCUT2D eigenvalue weighted by atomic mass is 15.1. The zero-order chi connectivity index (χ0) is 26.5. The van der Waals surface area contributed by atoms with E-state index in [9.17, 15) is 0 Å². The van der Waals surface area contributed by atoms with Gasteiger partial charge in [0, 0.05) is 33.2 Å². The number of hydrogen-bond donors (Lipinski definition) is 0. The molecular formula is C38H26N2. The number of fused-ring (bicyclic) bond motifs is 6. The van der Waals surface area contributed by atoms with E-state index in [1.807, 2.05) is 0 Å². The number of benzene rings is 7. The van der Waals surface area contributed by atoms with Crippen LogP contribution < -0.4 is 4.90 Å². The summed E-state index contributed by atoms with van der Waals surface area (Å²) in [5.41, 5.74) is 7.01. The van der Waals surface area contributed by atoms with Crippen molar-refractivity contribution >= 4 is 60.4 Å². The minimum absolute atomic E-state index is 1.12. The minimum Gasteiger partial charge on any atom is -0.310 e. The molecule has 0 fully saturated rings. The Morgan fingerprint density at radius 1 is 0.375 bits per heavy atom. The van der Waals surface area contributed by atoms with Crippen molar-refractivity contribution < 1.29 is 0 Å². The highest BCUT2D eigenvalue weighted by Gasteiger charge is 2.18. The quantitative estimate of drug-likeness (QED) is 0.214. The minimum atomic E-state index is 1.12. The number of rotatable bonds is 4. The van der Waals surface area contributed by atoms with Gasteiger partial charge in [0.2, 0.25) is 0 Å². The molecule has 0 N–H and O–H groups in total. The SMILES string of the molecule is c1ccc(N(c2ccc(-n3c4ccccc4c4ccccc43)cc2)c2cc3ccccc3c3ccccc23)cc1. The monoisotopic (exact) mass is 510 g/mol. The van der Waals surface area contributed by atoms with Crippen molar-refractivity contribution in [1.82, 2.24) is 4.57 Å². The Morgan fingerprint density at radius 3 is 1.55 bits per heavy atom. The molecule has 0 saturated heterocycles. The van der Waals surface area contributed by atoms with Crippen molar-refractivity contribution in [3.8, 4) is 5.69 Å². The average molecular weight is 511 g/mol. The van der Waals surface area contributed by atoms with Gasteiger partial charge in [0.1, 0.15) is 0 Å². The van der Waals surface area contributed by atoms with Crippen molar-refractivity contribution in [1.29, 1.82) is 0 Å². The lowest BCUT2D eigenvalue weighted by molar-refractivity contribution is 1.17. The van der Waals surface area contributed by atoms with Crippen LogP contribution in [-0.4, -0.2) is 4.57 Å². The molecule has 8 rings (SSSR count). The van der Waals surface area contributed by atoms with Gasteiger partial charge in [0.15, 0.2) is 0 Å².